The van der Waals surface area contributed by atoms with Crippen LogP contribution in [-0.4, -0.2) is 53.4 Å². The fourth-order valence-corrected chi connectivity index (χ4v) is 2.45. The highest BCUT2D eigenvalue weighted by atomic mass is 19.1. The molecule has 104 valence electrons. The van der Waals surface area contributed by atoms with Gasteiger partial charge < -0.3 is 15.5 Å². The van der Waals surface area contributed by atoms with Crippen molar-refractivity contribution in [1.29, 1.82) is 0 Å². The Hall–Kier alpha value is -1.69. The summed E-state index contributed by atoms with van der Waals surface area (Å²) >= 11 is 0. The highest BCUT2D eigenvalue weighted by Gasteiger charge is 2.27. The van der Waals surface area contributed by atoms with Crippen LogP contribution in [0.2, 0.25) is 0 Å². The normalized spacial score (nSPS) is 21.2. The summed E-state index contributed by atoms with van der Waals surface area (Å²) in [5, 5.41) is 0. The minimum Gasteiger partial charge on any atom is -0.381 e. The van der Waals surface area contributed by atoms with Gasteiger partial charge in [-0.25, -0.2) is 9.37 Å². The smallest absolute Gasteiger partial charge is 0.257 e. The second-order valence-corrected chi connectivity index (χ2v) is 5.02. The minimum absolute atomic E-state index is 0.00361. The van der Waals surface area contributed by atoms with Crippen LogP contribution in [0.15, 0.2) is 12.3 Å². The molecule has 19 heavy (non-hydrogen) atoms. The summed E-state index contributed by atoms with van der Waals surface area (Å²) in [6, 6.07) is 1.43. The van der Waals surface area contributed by atoms with Gasteiger partial charge >= 0.3 is 0 Å². The number of nitrogens with zero attached hydrogens (tertiary/aromatic N) is 3. The summed E-state index contributed by atoms with van der Waals surface area (Å²) in [4.78, 5) is 20.0. The van der Waals surface area contributed by atoms with E-state index in [2.05, 4.69) is 9.88 Å². The van der Waals surface area contributed by atoms with E-state index in [1.54, 1.807) is 4.90 Å². The van der Waals surface area contributed by atoms with Gasteiger partial charge in [-0.15, -0.1) is 0 Å². The number of carbonyl (C=O) groups excluding carboxylic acids is 1. The van der Waals surface area contributed by atoms with Gasteiger partial charge in [-0.05, 0) is 33.0 Å². The fraction of sp³-hybridized carbons (Fsp3) is 0.538. The molecule has 0 radical (unpaired) electrons. The van der Waals surface area contributed by atoms with E-state index in [-0.39, 0.29) is 23.3 Å². The Labute approximate surface area is 112 Å². The molecular weight excluding hydrogens is 247 g/mol. The fourth-order valence-electron chi connectivity index (χ4n) is 2.45. The van der Waals surface area contributed by atoms with Gasteiger partial charge in [0.15, 0.2) is 11.6 Å². The Morgan fingerprint density at radius 1 is 1.53 bits per heavy atom. The Bertz CT molecular complexity index is 480. The molecule has 1 aliphatic rings. The van der Waals surface area contributed by atoms with Gasteiger partial charge in [-0.2, -0.15) is 0 Å². The van der Waals surface area contributed by atoms with E-state index in [9.17, 15) is 9.18 Å². The number of likely N-dealkylation sites (N-methyl/N-ethyl adjacent to an activating group) is 1. The first-order valence-corrected chi connectivity index (χ1v) is 6.40. The first kappa shape index (κ1) is 13.7. The Morgan fingerprint density at radius 2 is 2.26 bits per heavy atom. The number of rotatable bonds is 1. The molecule has 1 saturated heterocycles. The van der Waals surface area contributed by atoms with Gasteiger partial charge in [0.1, 0.15) is 0 Å². The summed E-state index contributed by atoms with van der Waals surface area (Å²) in [5.74, 6) is -1.27. The third-order valence-corrected chi connectivity index (χ3v) is 3.45. The summed E-state index contributed by atoms with van der Waals surface area (Å²) in [5.41, 5.74) is 5.41. The third-order valence-electron chi connectivity index (χ3n) is 3.45. The number of nitrogens with two attached hydrogens (primary N) is 1. The van der Waals surface area contributed by atoms with Crippen molar-refractivity contribution in [1.82, 2.24) is 14.8 Å². The standard InChI is InChI=1S/C13H19FN4O/c1-9-8-17(2)6-3-7-18(9)13(19)10-4-5-16-12(15)11(10)14/h4-5,9H,3,6-8H2,1-2H3,(H2,15,16). The molecule has 2 rings (SSSR count). The van der Waals surface area contributed by atoms with Crippen molar-refractivity contribution in [3.05, 3.63) is 23.6 Å². The van der Waals surface area contributed by atoms with E-state index in [0.717, 1.165) is 19.5 Å². The maximum atomic E-state index is 13.9. The van der Waals surface area contributed by atoms with Crippen LogP contribution in [0, 0.1) is 5.82 Å². The predicted octanol–water partition coefficient (Wildman–Crippen LogP) is 0.969. The molecule has 1 unspecified atom stereocenters. The van der Waals surface area contributed by atoms with Crippen LogP contribution in [0.5, 0.6) is 0 Å². The summed E-state index contributed by atoms with van der Waals surface area (Å²) in [6.45, 7) is 4.33. The van der Waals surface area contributed by atoms with E-state index >= 15 is 0 Å². The lowest BCUT2D eigenvalue weighted by Crippen LogP contribution is -2.42. The van der Waals surface area contributed by atoms with Crippen molar-refractivity contribution >= 4 is 11.7 Å². The molecule has 5 nitrogen and oxygen atoms in total. The van der Waals surface area contributed by atoms with Crippen molar-refractivity contribution in [2.75, 3.05) is 32.4 Å². The SMILES string of the molecule is CC1CN(C)CCCN1C(=O)c1ccnc(N)c1F. The van der Waals surface area contributed by atoms with Gasteiger partial charge in [0, 0.05) is 25.3 Å². The number of pyridine rings is 1. The summed E-state index contributed by atoms with van der Waals surface area (Å²) in [7, 11) is 2.02. The molecule has 1 fully saturated rings. The third kappa shape index (κ3) is 2.84. The highest BCUT2D eigenvalue weighted by Crippen LogP contribution is 2.17. The zero-order chi connectivity index (χ0) is 14.0. The number of aromatic nitrogens is 1. The van der Waals surface area contributed by atoms with Crippen LogP contribution in [0.3, 0.4) is 0 Å². The number of hydrogen-bond acceptors (Lipinski definition) is 4. The maximum Gasteiger partial charge on any atom is 0.257 e. The number of nitrogen functional groups attached to an aromatic ring is 1. The number of halogens is 1. The van der Waals surface area contributed by atoms with Crippen molar-refractivity contribution in [3.8, 4) is 0 Å². The van der Waals surface area contributed by atoms with E-state index in [1.165, 1.54) is 12.3 Å². The minimum atomic E-state index is -0.725. The molecule has 0 aromatic carbocycles. The average molecular weight is 266 g/mol. The van der Waals surface area contributed by atoms with Crippen molar-refractivity contribution in [2.24, 2.45) is 0 Å². The van der Waals surface area contributed by atoms with Crippen LogP contribution in [0.4, 0.5) is 10.2 Å². The molecule has 1 aliphatic heterocycles. The number of hydrogen-bond donors (Lipinski definition) is 1. The van der Waals surface area contributed by atoms with Gasteiger partial charge in [0.2, 0.25) is 0 Å². The lowest BCUT2D eigenvalue weighted by atomic mass is 10.1. The van der Waals surface area contributed by atoms with Crippen LogP contribution < -0.4 is 5.73 Å². The molecule has 2 N–H and O–H groups in total. The Morgan fingerprint density at radius 3 is 3.00 bits per heavy atom. The number of carbonyl (C=O) groups is 1. The molecular formula is C13H19FN4O. The molecule has 2 heterocycles. The molecule has 1 aromatic rings. The maximum absolute atomic E-state index is 13.9. The van der Waals surface area contributed by atoms with Gasteiger partial charge in [0.25, 0.3) is 5.91 Å². The topological polar surface area (TPSA) is 62.5 Å². The predicted molar refractivity (Wildman–Crippen MR) is 71.2 cm³/mol. The van der Waals surface area contributed by atoms with Crippen molar-refractivity contribution in [3.63, 3.8) is 0 Å². The largest absolute Gasteiger partial charge is 0.381 e. The van der Waals surface area contributed by atoms with Gasteiger partial charge in [-0.3, -0.25) is 4.79 Å². The molecule has 1 atom stereocenters. The van der Waals surface area contributed by atoms with Crippen LogP contribution in [0.25, 0.3) is 0 Å². The van der Waals surface area contributed by atoms with Crippen LogP contribution in [-0.2, 0) is 0 Å². The van der Waals surface area contributed by atoms with Crippen LogP contribution in [0.1, 0.15) is 23.7 Å². The zero-order valence-electron chi connectivity index (χ0n) is 11.3. The first-order chi connectivity index (χ1) is 9.00. The monoisotopic (exact) mass is 266 g/mol. The molecule has 1 amide bonds. The number of amides is 1. The Balaban J connectivity index is 2.25. The van der Waals surface area contributed by atoms with Gasteiger partial charge in [0.05, 0.1) is 5.56 Å². The zero-order valence-corrected chi connectivity index (χ0v) is 11.3. The van der Waals surface area contributed by atoms with Crippen molar-refractivity contribution in [2.45, 2.75) is 19.4 Å². The molecule has 6 heteroatoms. The molecule has 1 aromatic heterocycles. The number of anilines is 1. The Kier molecular flexibility index (Phi) is 3.99. The van der Waals surface area contributed by atoms with Gasteiger partial charge in [-0.1, -0.05) is 0 Å². The van der Waals surface area contributed by atoms with E-state index < -0.39 is 5.82 Å². The highest BCUT2D eigenvalue weighted by molar-refractivity contribution is 5.95. The van der Waals surface area contributed by atoms with Crippen molar-refractivity contribution < 1.29 is 9.18 Å². The second kappa shape index (κ2) is 5.52. The van der Waals surface area contributed by atoms with E-state index in [4.69, 9.17) is 5.73 Å². The first-order valence-electron chi connectivity index (χ1n) is 6.40. The summed E-state index contributed by atoms with van der Waals surface area (Å²) in [6.07, 6.45) is 2.25. The van der Waals surface area contributed by atoms with Crippen LogP contribution >= 0.6 is 0 Å². The van der Waals surface area contributed by atoms with E-state index in [1.807, 2.05) is 14.0 Å². The summed E-state index contributed by atoms with van der Waals surface area (Å²) < 4.78 is 13.9. The molecule has 0 spiro atoms. The van der Waals surface area contributed by atoms with E-state index in [0.29, 0.717) is 6.54 Å². The molecule has 0 aliphatic carbocycles. The average Bonchev–Trinajstić information content (AvgIpc) is 2.53. The molecule has 0 saturated carbocycles. The quantitative estimate of drug-likeness (QED) is 0.822. The molecule has 0 bridgehead atoms. The lowest BCUT2D eigenvalue weighted by molar-refractivity contribution is 0.0691. The second-order valence-electron chi connectivity index (χ2n) is 5.02. The lowest BCUT2D eigenvalue weighted by Gasteiger charge is -2.28.